The molecule has 2 atom stereocenters. The van der Waals surface area contributed by atoms with E-state index >= 15 is 0 Å². The minimum absolute atomic E-state index is 0.0310. The van der Waals surface area contributed by atoms with Gasteiger partial charge in [0.25, 0.3) is 5.91 Å². The lowest BCUT2D eigenvalue weighted by molar-refractivity contribution is -0.143. The highest BCUT2D eigenvalue weighted by molar-refractivity contribution is 6.03. The third kappa shape index (κ3) is 5.68. The van der Waals surface area contributed by atoms with Crippen LogP contribution in [0, 0.1) is 0 Å². The van der Waals surface area contributed by atoms with Crippen molar-refractivity contribution in [1.29, 1.82) is 0 Å². The van der Waals surface area contributed by atoms with Crippen LogP contribution in [0.5, 0.6) is 11.5 Å². The highest BCUT2D eigenvalue weighted by Gasteiger charge is 2.47. The number of urea groups is 1. The van der Waals surface area contributed by atoms with Crippen LogP contribution in [0.25, 0.3) is 0 Å². The first-order valence-corrected chi connectivity index (χ1v) is 14.0. The largest absolute Gasteiger partial charge is 0.457 e. The Morgan fingerprint density at radius 2 is 1.63 bits per heavy atom. The molecule has 3 aromatic rings. The highest BCUT2D eigenvalue weighted by atomic mass is 16.5. The molecular formula is C33H36N4O4. The fraction of sp³-hybridized carbons (Fsp3) is 0.303. The summed E-state index contributed by atoms with van der Waals surface area (Å²) < 4.78 is 6.04. The molecule has 0 bridgehead atoms. The minimum Gasteiger partial charge on any atom is -0.457 e. The summed E-state index contributed by atoms with van der Waals surface area (Å²) in [6, 6.07) is 24.9. The number of nitrogens with one attached hydrogen (secondary N) is 1. The lowest BCUT2D eigenvalue weighted by Crippen LogP contribution is -2.51. The number of nitrogens with zero attached hydrogens (tertiary/aromatic N) is 3. The molecule has 8 heteroatoms. The smallest absolute Gasteiger partial charge is 0.322 e. The Bertz CT molecular complexity index is 1450. The number of hydrogen-bond donors (Lipinski definition) is 1. The molecule has 0 saturated heterocycles. The molecule has 5 rings (SSSR count). The van der Waals surface area contributed by atoms with Gasteiger partial charge in [0, 0.05) is 26.1 Å². The van der Waals surface area contributed by atoms with Gasteiger partial charge in [-0.25, -0.2) is 4.79 Å². The number of ether oxygens (including phenoxy) is 1. The zero-order valence-electron chi connectivity index (χ0n) is 23.9. The molecular weight excluding hydrogens is 516 g/mol. The standard InChI is InChI=1S/C33H36N4O4/c1-5-36-28-21-37(27(31(38)35(4)22(2)3)19-23-13-8-6-9-14-23)32(39)29(28)30(34-33(36)40)24-15-12-18-26(20-24)41-25-16-10-7-11-17-25/h6-18,20,22,27,30H,5,19,21H2,1-4H3,(H,34,40). The lowest BCUT2D eigenvalue weighted by atomic mass is 9.95. The van der Waals surface area contributed by atoms with E-state index in [1.54, 1.807) is 21.7 Å². The van der Waals surface area contributed by atoms with Gasteiger partial charge in [0.15, 0.2) is 0 Å². The van der Waals surface area contributed by atoms with E-state index in [1.807, 2.05) is 106 Å². The molecule has 4 amide bonds. The number of likely N-dealkylation sites (N-methyl/N-ethyl adjacent to an activating group) is 2. The number of carbonyl (C=O) groups is 3. The number of hydrogen-bond acceptors (Lipinski definition) is 4. The van der Waals surface area contributed by atoms with Crippen molar-refractivity contribution in [3.05, 3.63) is 107 Å². The average Bonchev–Trinajstić information content (AvgIpc) is 3.32. The number of carbonyl (C=O) groups excluding carboxylic acids is 3. The Balaban J connectivity index is 1.51. The number of amides is 4. The molecule has 0 radical (unpaired) electrons. The summed E-state index contributed by atoms with van der Waals surface area (Å²) in [6.45, 7) is 6.37. The van der Waals surface area contributed by atoms with Gasteiger partial charge in [-0.2, -0.15) is 0 Å². The van der Waals surface area contributed by atoms with Gasteiger partial charge in [-0.3, -0.25) is 14.5 Å². The predicted octanol–water partition coefficient (Wildman–Crippen LogP) is 5.14. The molecule has 2 aliphatic rings. The normalized spacial score (nSPS) is 17.4. The molecule has 0 spiro atoms. The van der Waals surface area contributed by atoms with Crippen molar-refractivity contribution >= 4 is 17.8 Å². The Morgan fingerprint density at radius 3 is 2.29 bits per heavy atom. The first-order valence-electron chi connectivity index (χ1n) is 14.0. The molecule has 2 heterocycles. The Labute approximate surface area is 241 Å². The minimum atomic E-state index is -0.717. The van der Waals surface area contributed by atoms with E-state index in [4.69, 9.17) is 4.74 Å². The first-order chi connectivity index (χ1) is 19.8. The van der Waals surface area contributed by atoms with E-state index in [0.717, 1.165) is 11.1 Å². The molecule has 8 nitrogen and oxygen atoms in total. The topological polar surface area (TPSA) is 82.2 Å². The number of benzene rings is 3. The average molecular weight is 553 g/mol. The van der Waals surface area contributed by atoms with Crippen LogP contribution >= 0.6 is 0 Å². The number of para-hydroxylation sites is 1. The van der Waals surface area contributed by atoms with Crippen LogP contribution in [-0.4, -0.2) is 64.8 Å². The SMILES string of the molecule is CCN1C(=O)NC(c2cccc(Oc3ccccc3)c2)C2=C1CN(C(Cc1ccccc1)C(=O)N(C)C(C)C)C2=O. The van der Waals surface area contributed by atoms with Crippen molar-refractivity contribution in [3.63, 3.8) is 0 Å². The fourth-order valence-electron chi connectivity index (χ4n) is 5.39. The van der Waals surface area contributed by atoms with Gasteiger partial charge in [-0.05, 0) is 56.2 Å². The summed E-state index contributed by atoms with van der Waals surface area (Å²) in [7, 11) is 1.77. The summed E-state index contributed by atoms with van der Waals surface area (Å²) in [6.07, 6.45) is 0.377. The molecule has 0 aromatic heterocycles. The van der Waals surface area contributed by atoms with Gasteiger partial charge in [0.2, 0.25) is 5.91 Å². The maximum absolute atomic E-state index is 14.3. The summed E-state index contributed by atoms with van der Waals surface area (Å²) >= 11 is 0. The second kappa shape index (κ2) is 11.9. The van der Waals surface area contributed by atoms with E-state index in [-0.39, 0.29) is 30.4 Å². The van der Waals surface area contributed by atoms with E-state index in [1.165, 1.54) is 0 Å². The second-order valence-corrected chi connectivity index (χ2v) is 10.7. The molecule has 0 aliphatic carbocycles. The van der Waals surface area contributed by atoms with Crippen molar-refractivity contribution in [2.45, 2.75) is 45.3 Å². The molecule has 0 fully saturated rings. The summed E-state index contributed by atoms with van der Waals surface area (Å²) in [4.78, 5) is 46.3. The van der Waals surface area contributed by atoms with Gasteiger partial charge < -0.3 is 19.9 Å². The van der Waals surface area contributed by atoms with Crippen molar-refractivity contribution in [3.8, 4) is 11.5 Å². The predicted molar refractivity (Wildman–Crippen MR) is 157 cm³/mol. The summed E-state index contributed by atoms with van der Waals surface area (Å²) in [5.41, 5.74) is 2.82. The van der Waals surface area contributed by atoms with Crippen LogP contribution in [0.3, 0.4) is 0 Å². The Morgan fingerprint density at radius 1 is 0.976 bits per heavy atom. The van der Waals surface area contributed by atoms with E-state index < -0.39 is 12.1 Å². The molecule has 212 valence electrons. The summed E-state index contributed by atoms with van der Waals surface area (Å²) in [5, 5.41) is 3.04. The molecule has 0 saturated carbocycles. The van der Waals surface area contributed by atoms with E-state index in [2.05, 4.69) is 5.32 Å². The first kappa shape index (κ1) is 28.0. The van der Waals surface area contributed by atoms with Crippen molar-refractivity contribution in [2.24, 2.45) is 0 Å². The van der Waals surface area contributed by atoms with Crippen molar-refractivity contribution < 1.29 is 19.1 Å². The molecule has 2 unspecified atom stereocenters. The molecule has 2 aliphatic heterocycles. The maximum Gasteiger partial charge on any atom is 0.322 e. The zero-order chi connectivity index (χ0) is 29.1. The second-order valence-electron chi connectivity index (χ2n) is 10.7. The third-order valence-corrected chi connectivity index (χ3v) is 7.79. The molecule has 1 N–H and O–H groups in total. The number of rotatable bonds is 9. The molecule has 41 heavy (non-hydrogen) atoms. The lowest BCUT2D eigenvalue weighted by Gasteiger charge is -2.33. The van der Waals surface area contributed by atoms with E-state index in [9.17, 15) is 14.4 Å². The summed E-state index contributed by atoms with van der Waals surface area (Å²) in [5.74, 6) is 0.911. The van der Waals surface area contributed by atoms with Crippen LogP contribution in [0.1, 0.15) is 37.9 Å². The van der Waals surface area contributed by atoms with Crippen molar-refractivity contribution in [1.82, 2.24) is 20.0 Å². The monoisotopic (exact) mass is 552 g/mol. The van der Waals surface area contributed by atoms with Crippen molar-refractivity contribution in [2.75, 3.05) is 20.1 Å². The van der Waals surface area contributed by atoms with Gasteiger partial charge >= 0.3 is 6.03 Å². The quantitative estimate of drug-likeness (QED) is 0.399. The molecule has 3 aromatic carbocycles. The van der Waals surface area contributed by atoms with Gasteiger partial charge in [0.05, 0.1) is 23.9 Å². The fourth-order valence-corrected chi connectivity index (χ4v) is 5.39. The van der Waals surface area contributed by atoms with Gasteiger partial charge in [-0.1, -0.05) is 60.7 Å². The maximum atomic E-state index is 14.3. The Hall–Kier alpha value is -4.59. The third-order valence-electron chi connectivity index (χ3n) is 7.79. The zero-order valence-corrected chi connectivity index (χ0v) is 23.9. The van der Waals surface area contributed by atoms with Crippen LogP contribution in [0.4, 0.5) is 4.79 Å². The van der Waals surface area contributed by atoms with Crippen LogP contribution in [-0.2, 0) is 16.0 Å². The highest BCUT2D eigenvalue weighted by Crippen LogP contribution is 2.38. The van der Waals surface area contributed by atoms with Crippen LogP contribution < -0.4 is 10.1 Å². The van der Waals surface area contributed by atoms with Crippen LogP contribution in [0.2, 0.25) is 0 Å². The van der Waals surface area contributed by atoms with Gasteiger partial charge in [0.1, 0.15) is 17.5 Å². The Kier molecular flexibility index (Phi) is 8.10. The van der Waals surface area contributed by atoms with Crippen LogP contribution in [0.15, 0.2) is 96.2 Å². The van der Waals surface area contributed by atoms with E-state index in [0.29, 0.717) is 35.7 Å². The van der Waals surface area contributed by atoms with Gasteiger partial charge in [-0.15, -0.1) is 0 Å².